The van der Waals surface area contributed by atoms with E-state index < -0.39 is 0 Å². The Hall–Kier alpha value is -1.73. The highest BCUT2D eigenvalue weighted by atomic mass is 32.1. The van der Waals surface area contributed by atoms with E-state index in [9.17, 15) is 0 Å². The van der Waals surface area contributed by atoms with Gasteiger partial charge in [0.1, 0.15) is 0 Å². The van der Waals surface area contributed by atoms with Crippen LogP contribution in [0, 0.1) is 0 Å². The topological polar surface area (TPSA) is 63.8 Å². The summed E-state index contributed by atoms with van der Waals surface area (Å²) in [7, 11) is 0. The van der Waals surface area contributed by atoms with Crippen LogP contribution >= 0.6 is 22.7 Å². The van der Waals surface area contributed by atoms with Gasteiger partial charge in [-0.1, -0.05) is 11.3 Å². The van der Waals surface area contributed by atoms with Crippen LogP contribution < -0.4 is 5.32 Å². The molecule has 0 atom stereocenters. The van der Waals surface area contributed by atoms with Gasteiger partial charge in [0.25, 0.3) is 0 Å². The van der Waals surface area contributed by atoms with Crippen LogP contribution in [0.3, 0.4) is 0 Å². The molecule has 3 aromatic heterocycles. The minimum atomic E-state index is 0.780. The van der Waals surface area contributed by atoms with Crippen LogP contribution in [0.5, 0.6) is 0 Å². The van der Waals surface area contributed by atoms with Crippen LogP contribution in [0.2, 0.25) is 0 Å². The fraction of sp³-hybridized carbons (Fsp3) is 0.182. The fourth-order valence-corrected chi connectivity index (χ4v) is 3.16. The van der Waals surface area contributed by atoms with Crippen molar-refractivity contribution in [2.75, 3.05) is 11.9 Å². The van der Waals surface area contributed by atoms with Crippen LogP contribution in [0.1, 0.15) is 6.92 Å². The molecule has 5 nitrogen and oxygen atoms in total. The SMILES string of the molecule is CCNc1nnc(-c2cnc(-c3ccco3)s2)s1. The Morgan fingerprint density at radius 3 is 3.00 bits per heavy atom. The first-order chi connectivity index (χ1) is 8.86. The molecule has 0 aliphatic carbocycles. The van der Waals surface area contributed by atoms with Gasteiger partial charge >= 0.3 is 0 Å². The Morgan fingerprint density at radius 1 is 1.28 bits per heavy atom. The van der Waals surface area contributed by atoms with Gasteiger partial charge in [-0.05, 0) is 19.1 Å². The molecule has 92 valence electrons. The minimum absolute atomic E-state index is 0.780. The Balaban J connectivity index is 1.88. The molecule has 0 aliphatic heterocycles. The zero-order chi connectivity index (χ0) is 12.4. The van der Waals surface area contributed by atoms with Crippen molar-refractivity contribution in [3.63, 3.8) is 0 Å². The number of rotatable bonds is 4. The van der Waals surface area contributed by atoms with Gasteiger partial charge in [-0.15, -0.1) is 21.5 Å². The summed E-state index contributed by atoms with van der Waals surface area (Å²) in [5.74, 6) is 0.780. The molecule has 3 heterocycles. The molecule has 0 radical (unpaired) electrons. The van der Waals surface area contributed by atoms with E-state index in [-0.39, 0.29) is 0 Å². The highest BCUT2D eigenvalue weighted by Crippen LogP contribution is 2.34. The summed E-state index contributed by atoms with van der Waals surface area (Å²) >= 11 is 3.08. The smallest absolute Gasteiger partial charge is 0.206 e. The van der Waals surface area contributed by atoms with E-state index in [4.69, 9.17) is 4.42 Å². The van der Waals surface area contributed by atoms with Gasteiger partial charge in [-0.3, -0.25) is 0 Å². The van der Waals surface area contributed by atoms with E-state index in [2.05, 4.69) is 20.5 Å². The normalized spacial score (nSPS) is 10.7. The van der Waals surface area contributed by atoms with E-state index >= 15 is 0 Å². The lowest BCUT2D eigenvalue weighted by molar-refractivity contribution is 0.582. The lowest BCUT2D eigenvalue weighted by Gasteiger charge is -1.91. The monoisotopic (exact) mass is 278 g/mol. The summed E-state index contributed by atoms with van der Waals surface area (Å²) in [6.07, 6.45) is 3.45. The predicted octanol–water partition coefficient (Wildman–Crippen LogP) is 3.35. The Kier molecular flexibility index (Phi) is 3.07. The van der Waals surface area contributed by atoms with E-state index in [1.807, 2.05) is 19.1 Å². The van der Waals surface area contributed by atoms with Crippen LogP contribution in [0.4, 0.5) is 5.13 Å². The third kappa shape index (κ3) is 2.14. The molecule has 0 aromatic carbocycles. The average Bonchev–Trinajstić information content (AvgIpc) is 3.10. The number of thiazole rings is 1. The highest BCUT2D eigenvalue weighted by Gasteiger charge is 2.12. The number of hydrogen-bond donors (Lipinski definition) is 1. The molecule has 0 saturated carbocycles. The zero-order valence-electron chi connectivity index (χ0n) is 9.58. The number of hydrogen-bond acceptors (Lipinski definition) is 7. The number of aromatic nitrogens is 3. The summed E-state index contributed by atoms with van der Waals surface area (Å²) in [6.45, 7) is 2.87. The van der Waals surface area contributed by atoms with E-state index in [0.29, 0.717) is 0 Å². The average molecular weight is 278 g/mol. The van der Waals surface area contributed by atoms with Crippen molar-refractivity contribution in [3.8, 4) is 20.7 Å². The zero-order valence-corrected chi connectivity index (χ0v) is 11.2. The van der Waals surface area contributed by atoms with Crippen molar-refractivity contribution in [3.05, 3.63) is 24.6 Å². The van der Waals surface area contributed by atoms with Crippen molar-refractivity contribution in [2.45, 2.75) is 6.92 Å². The quantitative estimate of drug-likeness (QED) is 0.792. The lowest BCUT2D eigenvalue weighted by Crippen LogP contribution is -1.94. The maximum atomic E-state index is 5.32. The Labute approximate surface area is 112 Å². The van der Waals surface area contributed by atoms with Crippen LogP contribution in [0.25, 0.3) is 20.7 Å². The molecule has 0 amide bonds. The molecule has 3 aromatic rings. The standard InChI is InChI=1S/C11H10N4OS2/c1-2-12-11-15-14-10(18-11)8-6-13-9(17-8)7-4-3-5-16-7/h3-6H,2H2,1H3,(H,12,15). The molecule has 0 fully saturated rings. The number of nitrogens with one attached hydrogen (secondary N) is 1. The summed E-state index contributed by atoms with van der Waals surface area (Å²) in [6, 6.07) is 3.75. The lowest BCUT2D eigenvalue weighted by atomic mass is 10.5. The van der Waals surface area contributed by atoms with Crippen molar-refractivity contribution >= 4 is 27.8 Å². The number of furan rings is 1. The van der Waals surface area contributed by atoms with Gasteiger partial charge in [0.15, 0.2) is 15.8 Å². The number of anilines is 1. The maximum absolute atomic E-state index is 5.32. The molecular formula is C11H10N4OS2. The predicted molar refractivity (Wildman–Crippen MR) is 72.9 cm³/mol. The second kappa shape index (κ2) is 4.87. The van der Waals surface area contributed by atoms with Gasteiger partial charge in [-0.2, -0.15) is 0 Å². The summed E-state index contributed by atoms with van der Waals surface area (Å²) in [5.41, 5.74) is 0. The first-order valence-corrected chi connectivity index (χ1v) is 7.07. The van der Waals surface area contributed by atoms with Crippen LogP contribution in [-0.2, 0) is 0 Å². The maximum Gasteiger partial charge on any atom is 0.206 e. The van der Waals surface area contributed by atoms with Gasteiger partial charge in [-0.25, -0.2) is 4.98 Å². The van der Waals surface area contributed by atoms with Gasteiger partial charge in [0.05, 0.1) is 11.1 Å². The second-order valence-electron chi connectivity index (χ2n) is 3.45. The van der Waals surface area contributed by atoms with Crippen molar-refractivity contribution in [2.24, 2.45) is 0 Å². The van der Waals surface area contributed by atoms with Gasteiger partial charge in [0, 0.05) is 12.7 Å². The second-order valence-corrected chi connectivity index (χ2v) is 5.46. The minimum Gasteiger partial charge on any atom is -0.462 e. The van der Waals surface area contributed by atoms with Gasteiger partial charge in [0.2, 0.25) is 5.13 Å². The third-order valence-electron chi connectivity index (χ3n) is 2.20. The van der Waals surface area contributed by atoms with E-state index in [0.717, 1.165) is 32.3 Å². The first kappa shape index (κ1) is 11.4. The molecule has 0 bridgehead atoms. The highest BCUT2D eigenvalue weighted by molar-refractivity contribution is 7.24. The van der Waals surface area contributed by atoms with Crippen molar-refractivity contribution in [1.29, 1.82) is 0 Å². The molecule has 0 spiro atoms. The number of nitrogens with zero attached hydrogens (tertiary/aromatic N) is 3. The molecule has 7 heteroatoms. The summed E-state index contributed by atoms with van der Waals surface area (Å²) in [5, 5.41) is 13.9. The van der Waals surface area contributed by atoms with E-state index in [1.165, 1.54) is 11.3 Å². The molecular weight excluding hydrogens is 268 g/mol. The molecule has 0 aliphatic rings. The van der Waals surface area contributed by atoms with Crippen molar-refractivity contribution in [1.82, 2.24) is 15.2 Å². The van der Waals surface area contributed by atoms with Crippen LogP contribution in [-0.4, -0.2) is 21.7 Å². The summed E-state index contributed by atoms with van der Waals surface area (Å²) < 4.78 is 5.32. The van der Waals surface area contributed by atoms with Gasteiger partial charge < -0.3 is 9.73 Å². The Bertz CT molecular complexity index is 629. The fourth-order valence-electron chi connectivity index (χ4n) is 1.43. The van der Waals surface area contributed by atoms with Crippen molar-refractivity contribution < 1.29 is 4.42 Å². The summed E-state index contributed by atoms with van der Waals surface area (Å²) in [4.78, 5) is 5.34. The largest absolute Gasteiger partial charge is 0.462 e. The van der Waals surface area contributed by atoms with E-state index in [1.54, 1.807) is 23.8 Å². The molecule has 3 rings (SSSR count). The molecule has 1 N–H and O–H groups in total. The van der Waals surface area contributed by atoms with Crippen LogP contribution in [0.15, 0.2) is 29.0 Å². The molecule has 0 saturated heterocycles. The molecule has 18 heavy (non-hydrogen) atoms. The third-order valence-corrected chi connectivity index (χ3v) is 4.26. The Morgan fingerprint density at radius 2 is 2.22 bits per heavy atom. The first-order valence-electron chi connectivity index (χ1n) is 5.44. The molecule has 0 unspecified atom stereocenters.